The van der Waals surface area contributed by atoms with E-state index in [-0.39, 0.29) is 24.8 Å². The minimum absolute atomic E-state index is 0.0394. The number of nitrogen functional groups attached to an aromatic ring is 1. The van der Waals surface area contributed by atoms with E-state index in [1.807, 2.05) is 25.1 Å². The fourth-order valence-electron chi connectivity index (χ4n) is 3.17. The van der Waals surface area contributed by atoms with Crippen molar-refractivity contribution < 1.29 is 14.7 Å². The average molecular weight is 417 g/mol. The summed E-state index contributed by atoms with van der Waals surface area (Å²) in [5, 5.41) is 11.3. The molecule has 156 valence electrons. The number of nitrogens with zero attached hydrogens (tertiary/aromatic N) is 5. The first kappa shape index (κ1) is 20.0. The summed E-state index contributed by atoms with van der Waals surface area (Å²) in [6.45, 7) is 1.93. The van der Waals surface area contributed by atoms with Gasteiger partial charge in [-0.2, -0.15) is 0 Å². The van der Waals surface area contributed by atoms with Crippen LogP contribution in [0.25, 0.3) is 28.4 Å². The molecule has 4 aromatic heterocycles. The molecule has 10 nitrogen and oxygen atoms in total. The lowest BCUT2D eigenvalue weighted by atomic mass is 10.1. The summed E-state index contributed by atoms with van der Waals surface area (Å²) < 4.78 is 1.80. The van der Waals surface area contributed by atoms with Crippen LogP contribution in [0.2, 0.25) is 0 Å². The smallest absolute Gasteiger partial charge is 0.305 e. The Balaban J connectivity index is 1.82. The van der Waals surface area contributed by atoms with Crippen LogP contribution in [0.4, 0.5) is 5.95 Å². The third kappa shape index (κ3) is 4.17. The Labute approximate surface area is 176 Å². The van der Waals surface area contributed by atoms with Crippen LogP contribution in [-0.4, -0.2) is 47.9 Å². The largest absolute Gasteiger partial charge is 0.481 e. The Kier molecular flexibility index (Phi) is 5.27. The number of carbonyl (C=O) groups excluding carboxylic acids is 1. The van der Waals surface area contributed by atoms with Crippen molar-refractivity contribution >= 4 is 23.5 Å². The highest BCUT2D eigenvalue weighted by molar-refractivity contribution is 5.95. The molecule has 4 heterocycles. The van der Waals surface area contributed by atoms with Crippen molar-refractivity contribution in [1.82, 2.24) is 29.7 Å². The second kappa shape index (κ2) is 8.19. The van der Waals surface area contributed by atoms with Gasteiger partial charge in [0, 0.05) is 30.2 Å². The molecule has 0 aliphatic carbocycles. The number of carboxylic acid groups (broad SMARTS) is 1. The lowest BCUT2D eigenvalue weighted by Crippen LogP contribution is -2.26. The van der Waals surface area contributed by atoms with E-state index in [4.69, 9.17) is 15.8 Å². The van der Waals surface area contributed by atoms with Crippen LogP contribution in [-0.2, 0) is 4.79 Å². The van der Waals surface area contributed by atoms with Crippen LogP contribution in [0.15, 0.2) is 48.8 Å². The highest BCUT2D eigenvalue weighted by atomic mass is 16.4. The van der Waals surface area contributed by atoms with Crippen molar-refractivity contribution in [1.29, 1.82) is 0 Å². The van der Waals surface area contributed by atoms with E-state index in [1.54, 1.807) is 35.0 Å². The minimum Gasteiger partial charge on any atom is -0.481 e. The summed E-state index contributed by atoms with van der Waals surface area (Å²) in [6.07, 6.45) is 3.12. The lowest BCUT2D eigenvalue weighted by molar-refractivity contribution is -0.136. The number of carbonyl (C=O) groups is 2. The number of hydrogen-bond donors (Lipinski definition) is 3. The zero-order chi connectivity index (χ0) is 22.0. The van der Waals surface area contributed by atoms with Crippen molar-refractivity contribution in [3.05, 3.63) is 60.0 Å². The Hall–Kier alpha value is -4.34. The molecule has 0 aliphatic heterocycles. The topological polar surface area (TPSA) is 148 Å². The van der Waals surface area contributed by atoms with Gasteiger partial charge in [0.05, 0.1) is 17.8 Å². The standard InChI is InChI=1S/C21H19N7O3/c1-12-3-2-4-14(25-12)18-19(15-5-8-24-21(22)26-15)28-10-7-13(11-16(28)27-18)20(31)23-9-6-17(29)30/h2-5,7-8,10-11H,6,9H2,1H3,(H,23,31)(H,29,30)(H2,22,24,26). The molecular weight excluding hydrogens is 398 g/mol. The molecule has 31 heavy (non-hydrogen) atoms. The van der Waals surface area contributed by atoms with Gasteiger partial charge in [-0.25, -0.2) is 15.0 Å². The van der Waals surface area contributed by atoms with Gasteiger partial charge in [0.1, 0.15) is 17.0 Å². The fraction of sp³-hybridized carbons (Fsp3) is 0.143. The van der Waals surface area contributed by atoms with Gasteiger partial charge >= 0.3 is 5.97 Å². The number of anilines is 1. The number of aliphatic carboxylic acids is 1. The summed E-state index contributed by atoms with van der Waals surface area (Å²) in [6, 6.07) is 10.6. The van der Waals surface area contributed by atoms with Gasteiger partial charge in [0.15, 0.2) is 0 Å². The number of nitrogens with two attached hydrogens (primary N) is 1. The summed E-state index contributed by atoms with van der Waals surface area (Å²) in [5.41, 5.74) is 9.97. The van der Waals surface area contributed by atoms with Crippen LogP contribution >= 0.6 is 0 Å². The lowest BCUT2D eigenvalue weighted by Gasteiger charge is -2.07. The molecular formula is C21H19N7O3. The zero-order valence-electron chi connectivity index (χ0n) is 16.6. The third-order valence-corrected chi connectivity index (χ3v) is 4.56. The van der Waals surface area contributed by atoms with Gasteiger partial charge in [-0.05, 0) is 37.3 Å². The van der Waals surface area contributed by atoms with Crippen LogP contribution in [0.1, 0.15) is 22.5 Å². The van der Waals surface area contributed by atoms with Gasteiger partial charge in [0.2, 0.25) is 5.95 Å². The first-order valence-corrected chi connectivity index (χ1v) is 9.47. The van der Waals surface area contributed by atoms with Crippen molar-refractivity contribution in [2.75, 3.05) is 12.3 Å². The summed E-state index contributed by atoms with van der Waals surface area (Å²) in [7, 11) is 0. The number of imidazole rings is 1. The summed E-state index contributed by atoms with van der Waals surface area (Å²) in [5.74, 6) is -1.23. The molecule has 0 spiro atoms. The van der Waals surface area contributed by atoms with Crippen LogP contribution in [0, 0.1) is 6.92 Å². The number of nitrogens with one attached hydrogen (secondary N) is 1. The highest BCUT2D eigenvalue weighted by Crippen LogP contribution is 2.31. The number of amides is 1. The molecule has 0 unspecified atom stereocenters. The number of pyridine rings is 2. The maximum Gasteiger partial charge on any atom is 0.305 e. The van der Waals surface area contributed by atoms with Gasteiger partial charge in [-0.3, -0.25) is 19.0 Å². The molecule has 0 bridgehead atoms. The molecule has 0 atom stereocenters. The summed E-state index contributed by atoms with van der Waals surface area (Å²) >= 11 is 0. The number of aryl methyl sites for hydroxylation is 1. The number of carboxylic acids is 1. The van der Waals surface area contributed by atoms with Gasteiger partial charge in [-0.1, -0.05) is 6.07 Å². The van der Waals surface area contributed by atoms with E-state index in [9.17, 15) is 9.59 Å². The Morgan fingerprint density at radius 2 is 1.97 bits per heavy atom. The Morgan fingerprint density at radius 1 is 1.13 bits per heavy atom. The average Bonchev–Trinajstić information content (AvgIpc) is 3.12. The fourth-order valence-corrected chi connectivity index (χ4v) is 3.17. The van der Waals surface area contributed by atoms with Crippen molar-refractivity contribution in [2.45, 2.75) is 13.3 Å². The second-order valence-electron chi connectivity index (χ2n) is 6.82. The first-order valence-electron chi connectivity index (χ1n) is 9.47. The van der Waals surface area contributed by atoms with E-state index < -0.39 is 5.97 Å². The highest BCUT2D eigenvalue weighted by Gasteiger charge is 2.19. The van der Waals surface area contributed by atoms with Gasteiger partial charge in [-0.15, -0.1) is 0 Å². The Morgan fingerprint density at radius 3 is 2.71 bits per heavy atom. The van der Waals surface area contributed by atoms with E-state index >= 15 is 0 Å². The van der Waals surface area contributed by atoms with Gasteiger partial charge < -0.3 is 16.2 Å². The first-order chi connectivity index (χ1) is 14.9. The van der Waals surface area contributed by atoms with Gasteiger partial charge in [0.25, 0.3) is 5.91 Å². The molecule has 4 aromatic rings. The maximum atomic E-state index is 12.4. The predicted molar refractivity (Wildman–Crippen MR) is 113 cm³/mol. The molecule has 1 amide bonds. The summed E-state index contributed by atoms with van der Waals surface area (Å²) in [4.78, 5) is 40.6. The molecule has 0 saturated heterocycles. The SMILES string of the molecule is Cc1cccc(-c2nc3cc(C(=O)NCCC(=O)O)ccn3c2-c2ccnc(N)n2)n1. The van der Waals surface area contributed by atoms with E-state index in [1.165, 1.54) is 0 Å². The molecule has 0 aliphatic rings. The van der Waals surface area contributed by atoms with Crippen molar-refractivity contribution in [3.63, 3.8) is 0 Å². The van der Waals surface area contributed by atoms with Crippen LogP contribution < -0.4 is 11.1 Å². The van der Waals surface area contributed by atoms with Crippen molar-refractivity contribution in [3.8, 4) is 22.8 Å². The monoisotopic (exact) mass is 417 g/mol. The number of fused-ring (bicyclic) bond motifs is 1. The van der Waals surface area contributed by atoms with Crippen LogP contribution in [0.5, 0.6) is 0 Å². The van der Waals surface area contributed by atoms with E-state index in [2.05, 4.69) is 20.3 Å². The minimum atomic E-state index is -0.979. The van der Waals surface area contributed by atoms with Crippen molar-refractivity contribution in [2.24, 2.45) is 0 Å². The van der Waals surface area contributed by atoms with Crippen LogP contribution in [0.3, 0.4) is 0 Å². The number of aromatic nitrogens is 5. The molecule has 0 radical (unpaired) electrons. The third-order valence-electron chi connectivity index (χ3n) is 4.56. The van der Waals surface area contributed by atoms with E-state index in [0.717, 1.165) is 5.69 Å². The Bertz CT molecular complexity index is 1300. The molecule has 10 heteroatoms. The predicted octanol–water partition coefficient (Wildman–Crippen LogP) is 1.95. The normalized spacial score (nSPS) is 10.9. The maximum absolute atomic E-state index is 12.4. The number of hydrogen-bond acceptors (Lipinski definition) is 7. The molecule has 0 fully saturated rings. The molecule has 4 N–H and O–H groups in total. The zero-order valence-corrected chi connectivity index (χ0v) is 16.6. The number of rotatable bonds is 6. The van der Waals surface area contributed by atoms with E-state index in [0.29, 0.717) is 34.0 Å². The molecule has 0 saturated carbocycles. The molecule has 4 rings (SSSR count). The molecule has 0 aromatic carbocycles. The second-order valence-corrected chi connectivity index (χ2v) is 6.82. The quantitative estimate of drug-likeness (QED) is 0.431.